The van der Waals surface area contributed by atoms with Crippen LogP contribution in [0.1, 0.15) is 26.4 Å². The Morgan fingerprint density at radius 3 is 2.22 bits per heavy atom. The SMILES string of the molecule is N#Cc1ccc(CN(OC(=O)c2cc3cc(-c4ccc(Cl)cc4)ccc3s2)[C@@H](Cc2ccc(O)cc2)C(=O)O)cc1. The molecule has 0 aliphatic heterocycles. The maximum absolute atomic E-state index is 13.4. The van der Waals surface area contributed by atoms with Gasteiger partial charge < -0.3 is 15.1 Å². The van der Waals surface area contributed by atoms with Gasteiger partial charge in [-0.1, -0.05) is 54.1 Å². The number of carbonyl (C=O) groups excluding carboxylic acids is 1. The first-order valence-electron chi connectivity index (χ1n) is 12.6. The normalized spacial score (nSPS) is 11.7. The number of carboxylic acids is 1. The van der Waals surface area contributed by atoms with Crippen LogP contribution in [0.3, 0.4) is 0 Å². The molecule has 0 saturated carbocycles. The monoisotopic (exact) mass is 582 g/mol. The van der Waals surface area contributed by atoms with E-state index in [2.05, 4.69) is 6.07 Å². The van der Waals surface area contributed by atoms with Crippen LogP contribution in [0.4, 0.5) is 0 Å². The number of carbonyl (C=O) groups is 2. The highest BCUT2D eigenvalue weighted by Crippen LogP contribution is 2.32. The van der Waals surface area contributed by atoms with E-state index in [4.69, 9.17) is 21.7 Å². The summed E-state index contributed by atoms with van der Waals surface area (Å²) in [5, 5.41) is 31.5. The molecule has 0 radical (unpaired) electrons. The van der Waals surface area contributed by atoms with Gasteiger partial charge in [0.25, 0.3) is 0 Å². The fraction of sp³-hybridized carbons (Fsp3) is 0.0938. The van der Waals surface area contributed by atoms with Gasteiger partial charge in [0.2, 0.25) is 0 Å². The number of hydrogen-bond acceptors (Lipinski definition) is 7. The zero-order valence-corrected chi connectivity index (χ0v) is 23.1. The lowest BCUT2D eigenvalue weighted by atomic mass is 10.0. The lowest BCUT2D eigenvalue weighted by molar-refractivity contribution is -0.174. The van der Waals surface area contributed by atoms with Crippen molar-refractivity contribution in [1.29, 1.82) is 5.26 Å². The highest BCUT2D eigenvalue weighted by atomic mass is 35.5. The number of rotatable bonds is 9. The molecular formula is C32H23ClN2O5S. The molecule has 0 aliphatic rings. The number of phenolic OH excluding ortho intramolecular Hbond substituents is 1. The van der Waals surface area contributed by atoms with Crippen LogP contribution >= 0.6 is 22.9 Å². The Bertz CT molecular complexity index is 1740. The fourth-order valence-corrected chi connectivity index (χ4v) is 5.40. The second-order valence-electron chi connectivity index (χ2n) is 9.36. The van der Waals surface area contributed by atoms with Crippen LogP contribution in [-0.4, -0.2) is 33.3 Å². The van der Waals surface area contributed by atoms with Crippen molar-refractivity contribution in [3.63, 3.8) is 0 Å². The van der Waals surface area contributed by atoms with Crippen molar-refractivity contribution in [3.05, 3.63) is 124 Å². The summed E-state index contributed by atoms with van der Waals surface area (Å²) < 4.78 is 0.882. The Morgan fingerprint density at radius 2 is 1.56 bits per heavy atom. The average Bonchev–Trinajstić information content (AvgIpc) is 3.41. The molecule has 1 aromatic heterocycles. The number of aromatic hydroxyl groups is 1. The van der Waals surface area contributed by atoms with Gasteiger partial charge in [0.15, 0.2) is 0 Å². The summed E-state index contributed by atoms with van der Waals surface area (Å²) in [4.78, 5) is 31.9. The third kappa shape index (κ3) is 6.73. The molecule has 9 heteroatoms. The molecule has 0 amide bonds. The maximum Gasteiger partial charge on any atom is 0.367 e. The number of benzene rings is 4. The number of nitriles is 1. The van der Waals surface area contributed by atoms with E-state index >= 15 is 0 Å². The van der Waals surface area contributed by atoms with Crippen LogP contribution in [0.15, 0.2) is 97.1 Å². The summed E-state index contributed by atoms with van der Waals surface area (Å²) in [6.45, 7) is -0.0158. The van der Waals surface area contributed by atoms with Gasteiger partial charge in [-0.05, 0) is 82.2 Å². The van der Waals surface area contributed by atoms with E-state index in [1.54, 1.807) is 42.5 Å². The quantitative estimate of drug-likeness (QED) is 0.179. The number of halogens is 1. The van der Waals surface area contributed by atoms with Crippen molar-refractivity contribution >= 4 is 45.0 Å². The van der Waals surface area contributed by atoms with Crippen molar-refractivity contribution in [2.45, 2.75) is 19.0 Å². The number of hydrogen-bond donors (Lipinski definition) is 2. The Hall–Kier alpha value is -4.68. The molecule has 5 aromatic rings. The van der Waals surface area contributed by atoms with E-state index in [0.717, 1.165) is 26.3 Å². The molecule has 1 heterocycles. The van der Waals surface area contributed by atoms with E-state index in [1.807, 2.05) is 42.5 Å². The van der Waals surface area contributed by atoms with Crippen molar-refractivity contribution in [2.75, 3.05) is 0 Å². The molecule has 204 valence electrons. The van der Waals surface area contributed by atoms with Gasteiger partial charge in [0.1, 0.15) is 16.7 Å². The van der Waals surface area contributed by atoms with Crippen molar-refractivity contribution in [3.8, 4) is 22.9 Å². The molecule has 41 heavy (non-hydrogen) atoms. The Morgan fingerprint density at radius 1 is 0.902 bits per heavy atom. The first kappa shape index (κ1) is 27.9. The van der Waals surface area contributed by atoms with E-state index in [0.29, 0.717) is 26.6 Å². The van der Waals surface area contributed by atoms with Crippen LogP contribution < -0.4 is 0 Å². The van der Waals surface area contributed by atoms with Crippen LogP contribution in [-0.2, 0) is 22.6 Å². The number of fused-ring (bicyclic) bond motifs is 1. The largest absolute Gasteiger partial charge is 0.508 e. The summed E-state index contributed by atoms with van der Waals surface area (Å²) in [6.07, 6.45) is 0.0238. The number of hydroxylamine groups is 2. The molecule has 0 unspecified atom stereocenters. The van der Waals surface area contributed by atoms with E-state index in [-0.39, 0.29) is 18.7 Å². The predicted octanol–water partition coefficient (Wildman–Crippen LogP) is 7.07. The lowest BCUT2D eigenvalue weighted by Crippen LogP contribution is -2.43. The Kier molecular flexibility index (Phi) is 8.31. The Labute approximate surface area is 245 Å². The molecular weight excluding hydrogens is 560 g/mol. The van der Waals surface area contributed by atoms with Gasteiger partial charge in [-0.25, -0.2) is 4.79 Å². The van der Waals surface area contributed by atoms with E-state index < -0.39 is 18.0 Å². The van der Waals surface area contributed by atoms with Crippen molar-refractivity contribution < 1.29 is 24.6 Å². The summed E-state index contributed by atoms with van der Waals surface area (Å²) >= 11 is 7.28. The zero-order chi connectivity index (χ0) is 28.9. The molecule has 2 N–H and O–H groups in total. The molecule has 0 fully saturated rings. The average molecular weight is 583 g/mol. The standard InChI is InChI=1S/C32H23ClN2O5S/c33-26-10-7-23(8-11-26)24-9-14-29-25(16-24)17-30(41-29)32(39)40-35(19-22-3-1-21(18-34)2-4-22)28(31(37)38)15-20-5-12-27(36)13-6-20/h1-14,16-17,28,36H,15,19H2,(H,37,38)/t28-/m0/s1. The van der Waals surface area contributed by atoms with Crippen LogP contribution in [0.25, 0.3) is 21.2 Å². The minimum absolute atomic E-state index is 0.0158. The molecule has 5 rings (SSSR count). The minimum atomic E-state index is -1.22. The fourth-order valence-electron chi connectivity index (χ4n) is 4.36. The number of nitrogens with zero attached hydrogens (tertiary/aromatic N) is 2. The maximum atomic E-state index is 13.4. The first-order chi connectivity index (χ1) is 19.8. The number of carboxylic acid groups (broad SMARTS) is 1. The highest BCUT2D eigenvalue weighted by molar-refractivity contribution is 7.20. The topological polar surface area (TPSA) is 111 Å². The van der Waals surface area contributed by atoms with Crippen LogP contribution in [0, 0.1) is 11.3 Å². The summed E-state index contributed by atoms with van der Waals surface area (Å²) in [7, 11) is 0. The molecule has 1 atom stereocenters. The highest BCUT2D eigenvalue weighted by Gasteiger charge is 2.30. The zero-order valence-electron chi connectivity index (χ0n) is 21.5. The predicted molar refractivity (Wildman–Crippen MR) is 158 cm³/mol. The molecule has 0 saturated heterocycles. The van der Waals surface area contributed by atoms with Gasteiger partial charge in [-0.15, -0.1) is 16.4 Å². The van der Waals surface area contributed by atoms with Gasteiger partial charge in [-0.2, -0.15) is 5.26 Å². The third-order valence-corrected chi connectivity index (χ3v) is 7.86. The molecule has 7 nitrogen and oxygen atoms in total. The van der Waals surface area contributed by atoms with E-state index in [1.165, 1.54) is 23.5 Å². The molecule has 0 spiro atoms. The smallest absolute Gasteiger partial charge is 0.367 e. The minimum Gasteiger partial charge on any atom is -0.508 e. The molecule has 0 aliphatic carbocycles. The van der Waals surface area contributed by atoms with Crippen LogP contribution in [0.2, 0.25) is 5.02 Å². The van der Waals surface area contributed by atoms with Gasteiger partial charge >= 0.3 is 11.9 Å². The lowest BCUT2D eigenvalue weighted by Gasteiger charge is -2.27. The van der Waals surface area contributed by atoms with Crippen molar-refractivity contribution in [1.82, 2.24) is 5.06 Å². The van der Waals surface area contributed by atoms with E-state index in [9.17, 15) is 19.8 Å². The van der Waals surface area contributed by atoms with Gasteiger partial charge in [0.05, 0.1) is 18.2 Å². The van der Waals surface area contributed by atoms with Crippen molar-refractivity contribution in [2.24, 2.45) is 0 Å². The number of aliphatic carboxylic acids is 1. The number of phenols is 1. The molecule has 0 bridgehead atoms. The summed E-state index contributed by atoms with van der Waals surface area (Å²) in [5.74, 6) is -1.79. The first-order valence-corrected chi connectivity index (χ1v) is 13.8. The Balaban J connectivity index is 1.43. The summed E-state index contributed by atoms with van der Waals surface area (Å²) in [5.41, 5.74) is 3.72. The number of thiophene rings is 1. The van der Waals surface area contributed by atoms with Gasteiger partial charge in [0, 0.05) is 16.1 Å². The molecule has 4 aromatic carbocycles. The third-order valence-electron chi connectivity index (χ3n) is 6.51. The summed E-state index contributed by atoms with van der Waals surface area (Å²) in [6, 6.07) is 28.7. The second kappa shape index (κ2) is 12.2. The second-order valence-corrected chi connectivity index (χ2v) is 10.9. The van der Waals surface area contributed by atoms with Crippen LogP contribution in [0.5, 0.6) is 5.75 Å². The van der Waals surface area contributed by atoms with Gasteiger partial charge in [-0.3, -0.25) is 4.79 Å².